The summed E-state index contributed by atoms with van der Waals surface area (Å²) in [6.07, 6.45) is 1.63. The van der Waals surface area contributed by atoms with Gasteiger partial charge in [0.25, 0.3) is 5.69 Å². The Morgan fingerprint density at radius 1 is 1.33 bits per heavy atom. The minimum Gasteiger partial charge on any atom is -0.468 e. The van der Waals surface area contributed by atoms with Crippen LogP contribution in [0.2, 0.25) is 0 Å². The van der Waals surface area contributed by atoms with Crippen LogP contribution in [-0.2, 0) is 6.54 Å². The van der Waals surface area contributed by atoms with Gasteiger partial charge in [0.1, 0.15) is 5.76 Å². The van der Waals surface area contributed by atoms with E-state index in [0.717, 1.165) is 11.3 Å². The van der Waals surface area contributed by atoms with E-state index < -0.39 is 4.92 Å². The maximum Gasteiger partial charge on any atom is 0.269 e. The van der Waals surface area contributed by atoms with Crippen molar-refractivity contribution >= 4 is 5.69 Å². The Labute approximate surface area is 105 Å². The van der Waals surface area contributed by atoms with Gasteiger partial charge >= 0.3 is 0 Å². The van der Waals surface area contributed by atoms with E-state index in [1.807, 2.05) is 19.1 Å². The van der Waals surface area contributed by atoms with E-state index in [2.05, 4.69) is 5.32 Å². The average molecular weight is 246 g/mol. The minimum atomic E-state index is -0.398. The summed E-state index contributed by atoms with van der Waals surface area (Å²) in [6, 6.07) is 10.4. The van der Waals surface area contributed by atoms with Crippen LogP contribution in [0.1, 0.15) is 24.3 Å². The van der Waals surface area contributed by atoms with E-state index in [1.165, 1.54) is 12.1 Å². The molecule has 0 fully saturated rings. The van der Waals surface area contributed by atoms with Gasteiger partial charge < -0.3 is 9.73 Å². The highest BCUT2D eigenvalue weighted by Gasteiger charge is 2.09. The van der Waals surface area contributed by atoms with Crippen LogP contribution in [0.4, 0.5) is 5.69 Å². The zero-order chi connectivity index (χ0) is 13.0. The fourth-order valence-electron chi connectivity index (χ4n) is 1.67. The number of nitrogens with one attached hydrogen (secondary N) is 1. The van der Waals surface area contributed by atoms with Crippen molar-refractivity contribution < 1.29 is 9.34 Å². The summed E-state index contributed by atoms with van der Waals surface area (Å²) in [7, 11) is 0. The summed E-state index contributed by atoms with van der Waals surface area (Å²) in [5.74, 6) is 0.865. The lowest BCUT2D eigenvalue weighted by Gasteiger charge is -2.12. The lowest BCUT2D eigenvalue weighted by molar-refractivity contribution is -0.384. The van der Waals surface area contributed by atoms with Crippen molar-refractivity contribution in [3.8, 4) is 0 Å². The lowest BCUT2D eigenvalue weighted by Crippen LogP contribution is -2.17. The highest BCUT2D eigenvalue weighted by molar-refractivity contribution is 5.34. The summed E-state index contributed by atoms with van der Waals surface area (Å²) < 4.78 is 5.22. The smallest absolute Gasteiger partial charge is 0.269 e. The monoisotopic (exact) mass is 246 g/mol. The zero-order valence-electron chi connectivity index (χ0n) is 10.00. The summed E-state index contributed by atoms with van der Waals surface area (Å²) in [5.41, 5.74) is 1.11. The van der Waals surface area contributed by atoms with Crippen LogP contribution in [0.15, 0.2) is 47.1 Å². The predicted molar refractivity (Wildman–Crippen MR) is 67.1 cm³/mol. The van der Waals surface area contributed by atoms with Crippen molar-refractivity contribution in [2.75, 3.05) is 0 Å². The predicted octanol–water partition coefficient (Wildman–Crippen LogP) is 3.04. The van der Waals surface area contributed by atoms with Crippen molar-refractivity contribution in [1.82, 2.24) is 5.32 Å². The third kappa shape index (κ3) is 2.95. The van der Waals surface area contributed by atoms with Gasteiger partial charge in [-0.25, -0.2) is 0 Å². The Hall–Kier alpha value is -2.14. The van der Waals surface area contributed by atoms with E-state index >= 15 is 0 Å². The van der Waals surface area contributed by atoms with Crippen molar-refractivity contribution in [3.63, 3.8) is 0 Å². The second kappa shape index (κ2) is 5.46. The molecule has 1 atom stereocenters. The van der Waals surface area contributed by atoms with Crippen LogP contribution in [0.5, 0.6) is 0 Å². The number of rotatable bonds is 5. The number of nitro benzene ring substituents is 1. The maximum absolute atomic E-state index is 10.5. The van der Waals surface area contributed by atoms with Gasteiger partial charge in [0, 0.05) is 18.2 Å². The van der Waals surface area contributed by atoms with E-state index in [9.17, 15) is 10.1 Å². The topological polar surface area (TPSA) is 68.3 Å². The summed E-state index contributed by atoms with van der Waals surface area (Å²) >= 11 is 0. The molecule has 1 N–H and O–H groups in total. The molecule has 0 saturated heterocycles. The normalized spacial score (nSPS) is 12.3. The van der Waals surface area contributed by atoms with Gasteiger partial charge in [-0.1, -0.05) is 12.1 Å². The molecule has 94 valence electrons. The number of benzene rings is 1. The van der Waals surface area contributed by atoms with Gasteiger partial charge in [-0.05, 0) is 24.6 Å². The Bertz CT molecular complexity index is 506. The molecule has 0 aliphatic rings. The maximum atomic E-state index is 10.5. The number of furan rings is 1. The molecule has 0 amide bonds. The standard InChI is InChI=1S/C13H14N2O3/c1-10(14-9-13-3-2-8-18-13)11-4-6-12(7-5-11)15(16)17/h2-8,10,14H,9H2,1H3. The van der Waals surface area contributed by atoms with Crippen LogP contribution < -0.4 is 5.32 Å². The first-order valence-electron chi connectivity index (χ1n) is 5.67. The summed E-state index contributed by atoms with van der Waals surface area (Å²) in [4.78, 5) is 10.1. The van der Waals surface area contributed by atoms with Gasteiger partial charge in [-0.15, -0.1) is 0 Å². The molecule has 1 unspecified atom stereocenters. The lowest BCUT2D eigenvalue weighted by atomic mass is 10.1. The molecule has 5 nitrogen and oxygen atoms in total. The largest absolute Gasteiger partial charge is 0.468 e. The molecule has 0 bridgehead atoms. The van der Waals surface area contributed by atoms with Gasteiger partial charge in [-0.2, -0.15) is 0 Å². The molecule has 0 radical (unpaired) electrons. The number of hydrogen-bond acceptors (Lipinski definition) is 4. The van der Waals surface area contributed by atoms with Crippen LogP contribution >= 0.6 is 0 Å². The quantitative estimate of drug-likeness (QED) is 0.650. The first-order chi connectivity index (χ1) is 8.66. The van der Waals surface area contributed by atoms with Gasteiger partial charge in [0.05, 0.1) is 17.7 Å². The third-order valence-electron chi connectivity index (χ3n) is 2.77. The highest BCUT2D eigenvalue weighted by Crippen LogP contribution is 2.17. The molecule has 1 aromatic carbocycles. The molecule has 1 aromatic heterocycles. The Kier molecular flexibility index (Phi) is 3.74. The van der Waals surface area contributed by atoms with Gasteiger partial charge in [-0.3, -0.25) is 10.1 Å². The van der Waals surface area contributed by atoms with Crippen LogP contribution in [0, 0.1) is 10.1 Å². The second-order valence-electron chi connectivity index (χ2n) is 4.03. The zero-order valence-corrected chi connectivity index (χ0v) is 10.00. The molecule has 5 heteroatoms. The van der Waals surface area contributed by atoms with Crippen molar-refractivity contribution in [1.29, 1.82) is 0 Å². The Morgan fingerprint density at radius 3 is 2.61 bits per heavy atom. The van der Waals surface area contributed by atoms with Crippen LogP contribution in [0.3, 0.4) is 0 Å². The molecule has 0 aliphatic carbocycles. The van der Waals surface area contributed by atoms with E-state index in [1.54, 1.807) is 18.4 Å². The first kappa shape index (κ1) is 12.3. The first-order valence-corrected chi connectivity index (χ1v) is 5.67. The second-order valence-corrected chi connectivity index (χ2v) is 4.03. The molecule has 2 rings (SSSR count). The fourth-order valence-corrected chi connectivity index (χ4v) is 1.67. The Morgan fingerprint density at radius 2 is 2.06 bits per heavy atom. The number of hydrogen-bond donors (Lipinski definition) is 1. The molecule has 0 aliphatic heterocycles. The van der Waals surface area contributed by atoms with Gasteiger partial charge in [0.15, 0.2) is 0 Å². The van der Waals surface area contributed by atoms with Crippen LogP contribution in [-0.4, -0.2) is 4.92 Å². The summed E-state index contributed by atoms with van der Waals surface area (Å²) in [5, 5.41) is 13.8. The van der Waals surface area contributed by atoms with E-state index in [-0.39, 0.29) is 11.7 Å². The van der Waals surface area contributed by atoms with Crippen molar-refractivity contribution in [2.45, 2.75) is 19.5 Å². The number of nitro groups is 1. The Balaban J connectivity index is 1.96. The number of non-ortho nitro benzene ring substituents is 1. The fraction of sp³-hybridized carbons (Fsp3) is 0.231. The highest BCUT2D eigenvalue weighted by atomic mass is 16.6. The number of nitrogens with zero attached hydrogens (tertiary/aromatic N) is 1. The van der Waals surface area contributed by atoms with E-state index in [0.29, 0.717) is 6.54 Å². The molecule has 1 heterocycles. The molecular weight excluding hydrogens is 232 g/mol. The molecular formula is C13H14N2O3. The molecule has 0 spiro atoms. The average Bonchev–Trinajstić information content (AvgIpc) is 2.89. The summed E-state index contributed by atoms with van der Waals surface area (Å²) in [6.45, 7) is 2.63. The molecule has 18 heavy (non-hydrogen) atoms. The van der Waals surface area contributed by atoms with Crippen LogP contribution in [0.25, 0.3) is 0 Å². The SMILES string of the molecule is CC(NCc1ccco1)c1ccc([N+](=O)[O-])cc1. The third-order valence-corrected chi connectivity index (χ3v) is 2.77. The van der Waals surface area contributed by atoms with Gasteiger partial charge in [0.2, 0.25) is 0 Å². The van der Waals surface area contributed by atoms with Crippen molar-refractivity contribution in [2.24, 2.45) is 0 Å². The van der Waals surface area contributed by atoms with E-state index in [4.69, 9.17) is 4.42 Å². The minimum absolute atomic E-state index is 0.107. The van der Waals surface area contributed by atoms with Crippen molar-refractivity contribution in [3.05, 3.63) is 64.1 Å². The molecule has 0 saturated carbocycles. The molecule has 2 aromatic rings.